The van der Waals surface area contributed by atoms with Crippen molar-refractivity contribution in [1.29, 1.82) is 0 Å². The first kappa shape index (κ1) is 23.8. The van der Waals surface area contributed by atoms with Crippen molar-refractivity contribution < 1.29 is 28.9 Å². The van der Waals surface area contributed by atoms with Gasteiger partial charge in [-0.15, -0.1) is 0 Å². The highest BCUT2D eigenvalue weighted by molar-refractivity contribution is 8.18. The second-order valence-electron chi connectivity index (χ2n) is 7.78. The maximum Gasteiger partial charge on any atom is 0.293 e. The van der Waals surface area contributed by atoms with Crippen molar-refractivity contribution in [2.75, 3.05) is 19.6 Å². The topological polar surface area (TPSA) is 147 Å². The van der Waals surface area contributed by atoms with E-state index in [2.05, 4.69) is 5.32 Å². The van der Waals surface area contributed by atoms with Crippen LogP contribution in [0.15, 0.2) is 47.4 Å². The predicted molar refractivity (Wildman–Crippen MR) is 125 cm³/mol. The van der Waals surface area contributed by atoms with Gasteiger partial charge in [0.15, 0.2) is 0 Å². The van der Waals surface area contributed by atoms with Gasteiger partial charge in [0.1, 0.15) is 6.54 Å². The highest BCUT2D eigenvalue weighted by Crippen LogP contribution is 2.32. The molecule has 0 unspecified atom stereocenters. The molecule has 2 aliphatic heterocycles. The summed E-state index contributed by atoms with van der Waals surface area (Å²) >= 11 is 0.803. The van der Waals surface area contributed by atoms with E-state index in [-0.39, 0.29) is 34.8 Å². The number of thioether (sulfide) groups is 1. The van der Waals surface area contributed by atoms with Crippen molar-refractivity contribution in [2.24, 2.45) is 0 Å². The van der Waals surface area contributed by atoms with E-state index in [1.54, 1.807) is 6.08 Å². The van der Waals surface area contributed by atoms with Crippen molar-refractivity contribution in [1.82, 2.24) is 15.1 Å². The van der Waals surface area contributed by atoms with Crippen LogP contribution in [-0.2, 0) is 9.59 Å². The highest BCUT2D eigenvalue weighted by Gasteiger charge is 2.38. The van der Waals surface area contributed by atoms with Crippen LogP contribution < -0.4 is 5.32 Å². The third kappa shape index (κ3) is 4.82. The molecule has 178 valence electrons. The molecule has 1 fully saturated rings. The molecule has 0 radical (unpaired) electrons. The molecule has 2 aliphatic rings. The second kappa shape index (κ2) is 9.50. The Hall–Kier alpha value is -4.32. The minimum Gasteiger partial charge on any atom is -0.353 e. The van der Waals surface area contributed by atoms with Crippen LogP contribution in [0.3, 0.4) is 0 Å². The molecule has 0 aliphatic carbocycles. The van der Waals surface area contributed by atoms with Crippen LogP contribution in [0.4, 0.5) is 10.5 Å². The maximum atomic E-state index is 12.6. The average molecular weight is 494 g/mol. The van der Waals surface area contributed by atoms with Gasteiger partial charge in [-0.2, -0.15) is 0 Å². The van der Waals surface area contributed by atoms with Gasteiger partial charge in [-0.25, -0.2) is 0 Å². The van der Waals surface area contributed by atoms with Crippen LogP contribution in [0.1, 0.15) is 31.8 Å². The number of non-ortho nitro benzene ring substituents is 1. The Morgan fingerprint density at radius 3 is 2.37 bits per heavy atom. The van der Waals surface area contributed by atoms with Crippen molar-refractivity contribution >= 4 is 52.4 Å². The number of hydrogen-bond donors (Lipinski definition) is 1. The third-order valence-corrected chi connectivity index (χ3v) is 6.28. The SMILES string of the molecule is Cc1ccc(/C=C2\SC(=O)N(CCNC(=O)CN3C(=O)c4ccc([N+](=O)[O-])cc4C3=O)C2=O)cc1. The van der Waals surface area contributed by atoms with Gasteiger partial charge in [-0.3, -0.25) is 43.9 Å². The van der Waals surface area contributed by atoms with Gasteiger partial charge in [0.05, 0.1) is 21.0 Å². The molecule has 0 saturated carbocycles. The summed E-state index contributed by atoms with van der Waals surface area (Å²) in [7, 11) is 0. The second-order valence-corrected chi connectivity index (χ2v) is 8.77. The van der Waals surface area contributed by atoms with Crippen molar-refractivity contribution in [3.05, 3.63) is 79.7 Å². The standard InChI is InChI=1S/C23H18N4O7S/c1-13-2-4-14(5-3-13)10-18-22(31)25(23(32)35-18)9-8-24-19(28)12-26-20(29)16-7-6-15(27(33)34)11-17(16)21(26)30/h2-7,10-11H,8-9,12H2,1H3,(H,24,28)/b18-10-. The number of nitro groups is 1. The summed E-state index contributed by atoms with van der Waals surface area (Å²) in [6, 6.07) is 10.7. The minimum atomic E-state index is -0.809. The number of hydrogen-bond acceptors (Lipinski definition) is 8. The lowest BCUT2D eigenvalue weighted by Gasteiger charge is -2.15. The van der Waals surface area contributed by atoms with E-state index in [1.807, 2.05) is 31.2 Å². The molecule has 12 heteroatoms. The zero-order chi connectivity index (χ0) is 25.3. The quantitative estimate of drug-likeness (QED) is 0.267. The lowest BCUT2D eigenvalue weighted by molar-refractivity contribution is -0.384. The molecule has 4 rings (SSSR count). The van der Waals surface area contributed by atoms with Crippen LogP contribution in [-0.4, -0.2) is 63.2 Å². The molecule has 0 spiro atoms. The molecule has 5 amide bonds. The van der Waals surface area contributed by atoms with Gasteiger partial charge in [-0.1, -0.05) is 29.8 Å². The van der Waals surface area contributed by atoms with E-state index in [1.165, 1.54) is 6.07 Å². The maximum absolute atomic E-state index is 12.6. The molecular weight excluding hydrogens is 476 g/mol. The fourth-order valence-electron chi connectivity index (χ4n) is 3.55. The van der Waals surface area contributed by atoms with Gasteiger partial charge in [0, 0.05) is 25.2 Å². The lowest BCUT2D eigenvalue weighted by atomic mass is 10.1. The Balaban J connectivity index is 1.32. The molecule has 2 aromatic rings. The number of amides is 5. The molecule has 0 bridgehead atoms. The summed E-state index contributed by atoms with van der Waals surface area (Å²) in [5.41, 5.74) is 1.33. The van der Waals surface area contributed by atoms with Crippen LogP contribution in [0.25, 0.3) is 6.08 Å². The first-order valence-electron chi connectivity index (χ1n) is 10.4. The Labute approximate surface area is 202 Å². The number of rotatable bonds is 7. The van der Waals surface area contributed by atoms with E-state index in [0.717, 1.165) is 39.9 Å². The molecule has 0 aromatic heterocycles. The lowest BCUT2D eigenvalue weighted by Crippen LogP contribution is -2.43. The predicted octanol–water partition coefficient (Wildman–Crippen LogP) is 2.35. The smallest absolute Gasteiger partial charge is 0.293 e. The number of benzene rings is 2. The van der Waals surface area contributed by atoms with E-state index >= 15 is 0 Å². The van der Waals surface area contributed by atoms with Crippen LogP contribution in [0.2, 0.25) is 0 Å². The van der Waals surface area contributed by atoms with Crippen LogP contribution in [0, 0.1) is 17.0 Å². The monoisotopic (exact) mass is 494 g/mol. The number of fused-ring (bicyclic) bond motifs is 1. The Morgan fingerprint density at radius 2 is 1.69 bits per heavy atom. The normalized spacial score (nSPS) is 16.3. The fraction of sp³-hybridized carbons (Fsp3) is 0.174. The zero-order valence-electron chi connectivity index (χ0n) is 18.3. The third-order valence-electron chi connectivity index (χ3n) is 5.37. The number of carbonyl (C=O) groups excluding carboxylic acids is 5. The molecule has 2 aromatic carbocycles. The first-order chi connectivity index (χ1) is 16.7. The number of aryl methyl sites for hydroxylation is 1. The van der Waals surface area contributed by atoms with Crippen molar-refractivity contribution in [3.63, 3.8) is 0 Å². The summed E-state index contributed by atoms with van der Waals surface area (Å²) in [6.07, 6.45) is 1.62. The Morgan fingerprint density at radius 1 is 1.00 bits per heavy atom. The zero-order valence-corrected chi connectivity index (χ0v) is 19.2. The van der Waals surface area contributed by atoms with Crippen LogP contribution >= 0.6 is 11.8 Å². The van der Waals surface area contributed by atoms with E-state index < -0.39 is 40.3 Å². The average Bonchev–Trinajstić information content (AvgIpc) is 3.22. The molecule has 1 saturated heterocycles. The summed E-state index contributed by atoms with van der Waals surface area (Å²) < 4.78 is 0. The molecule has 2 heterocycles. The molecule has 11 nitrogen and oxygen atoms in total. The first-order valence-corrected chi connectivity index (χ1v) is 11.2. The molecule has 1 N–H and O–H groups in total. The van der Waals surface area contributed by atoms with Gasteiger partial charge in [-0.05, 0) is 36.4 Å². The van der Waals surface area contributed by atoms with E-state index in [4.69, 9.17) is 0 Å². The Kier molecular flexibility index (Phi) is 6.47. The summed E-state index contributed by atoms with van der Waals surface area (Å²) in [5, 5.41) is 12.9. The number of carbonyl (C=O) groups is 5. The summed E-state index contributed by atoms with van der Waals surface area (Å²) in [6.45, 7) is 1.17. The van der Waals surface area contributed by atoms with Crippen LogP contribution in [0.5, 0.6) is 0 Å². The largest absolute Gasteiger partial charge is 0.353 e. The van der Waals surface area contributed by atoms with Gasteiger partial charge >= 0.3 is 0 Å². The highest BCUT2D eigenvalue weighted by atomic mass is 32.2. The van der Waals surface area contributed by atoms with Gasteiger partial charge in [0.25, 0.3) is 28.6 Å². The number of nitro benzene ring substituents is 1. The summed E-state index contributed by atoms with van der Waals surface area (Å²) in [5.74, 6) is -2.70. The van der Waals surface area contributed by atoms with Gasteiger partial charge in [0.2, 0.25) is 5.91 Å². The number of imide groups is 2. The molecule has 35 heavy (non-hydrogen) atoms. The van der Waals surface area contributed by atoms with Crippen molar-refractivity contribution in [3.8, 4) is 0 Å². The van der Waals surface area contributed by atoms with E-state index in [0.29, 0.717) is 4.90 Å². The van der Waals surface area contributed by atoms with E-state index in [9.17, 15) is 34.1 Å². The summed E-state index contributed by atoms with van der Waals surface area (Å²) in [4.78, 5) is 74.3. The number of nitrogens with zero attached hydrogens (tertiary/aromatic N) is 3. The van der Waals surface area contributed by atoms with Crippen molar-refractivity contribution in [2.45, 2.75) is 6.92 Å². The van der Waals surface area contributed by atoms with Gasteiger partial charge < -0.3 is 5.32 Å². The fourth-order valence-corrected chi connectivity index (χ4v) is 4.41. The Bertz CT molecular complexity index is 1320. The number of nitrogens with one attached hydrogen (secondary N) is 1. The minimum absolute atomic E-state index is 0.0217. The molecular formula is C23H18N4O7S. The molecule has 0 atom stereocenters.